The van der Waals surface area contributed by atoms with Crippen molar-refractivity contribution < 1.29 is 9.47 Å². The van der Waals surface area contributed by atoms with Gasteiger partial charge in [0.2, 0.25) is 0 Å². The van der Waals surface area contributed by atoms with Crippen LogP contribution in [0.15, 0.2) is 0 Å². The molecule has 0 aliphatic carbocycles. The minimum absolute atomic E-state index is 0.0249. The van der Waals surface area contributed by atoms with Crippen LogP contribution < -0.4 is 0 Å². The molecule has 142 valence electrons. The third-order valence-corrected chi connectivity index (χ3v) is 6.00. The summed E-state index contributed by atoms with van der Waals surface area (Å²) in [5, 5.41) is 0. The fraction of sp³-hybridized carbons (Fsp3) is 1.00. The molecular weight excluding hydrogens is 318 g/mol. The van der Waals surface area contributed by atoms with E-state index in [-0.39, 0.29) is 5.91 Å². The quantitative estimate of drug-likeness (QED) is 0.269. The first-order chi connectivity index (χ1) is 11.7. The molecule has 0 aromatic heterocycles. The number of likely N-dealkylation sites (N-methyl/N-ethyl adjacent to an activating group) is 1. The third-order valence-electron chi connectivity index (χ3n) is 4.69. The second-order valence-corrected chi connectivity index (χ2v) is 7.64. The van der Waals surface area contributed by atoms with Crippen LogP contribution in [0.1, 0.15) is 34.1 Å². The van der Waals surface area contributed by atoms with Gasteiger partial charge in [0.05, 0.1) is 0 Å². The molecule has 5 nitrogen and oxygen atoms in total. The molecule has 1 aliphatic rings. The number of piperazine rings is 1. The Morgan fingerprint density at radius 2 is 1.42 bits per heavy atom. The highest BCUT2D eigenvalue weighted by Gasteiger charge is 2.17. The summed E-state index contributed by atoms with van der Waals surface area (Å²) in [5.74, 6) is 0.0249. The monoisotopic (exact) mass is 357 g/mol. The predicted octanol–water partition coefficient (Wildman–Crippen LogP) is 1.82. The van der Waals surface area contributed by atoms with Gasteiger partial charge in [0, 0.05) is 52.5 Å². The minimum Gasteiger partial charge on any atom is -0.357 e. The first-order valence-electron chi connectivity index (χ1n) is 9.87. The zero-order valence-electron chi connectivity index (χ0n) is 16.4. The molecule has 6 heteroatoms. The van der Waals surface area contributed by atoms with Crippen LogP contribution in [0.2, 0.25) is 6.04 Å². The molecule has 0 atom stereocenters. The molecule has 0 amide bonds. The molecule has 1 heterocycles. The van der Waals surface area contributed by atoms with Crippen molar-refractivity contribution in [2.45, 2.75) is 46.1 Å². The van der Waals surface area contributed by atoms with E-state index in [2.05, 4.69) is 28.5 Å². The first-order valence-corrected chi connectivity index (χ1v) is 11.1. The maximum atomic E-state index is 5.62. The Kier molecular flexibility index (Phi) is 13.1. The van der Waals surface area contributed by atoms with Gasteiger partial charge in [-0.1, -0.05) is 19.9 Å². The van der Waals surface area contributed by atoms with Gasteiger partial charge in [-0.2, -0.15) is 0 Å². The van der Waals surface area contributed by atoms with Gasteiger partial charge in [-0.15, -0.1) is 0 Å². The van der Waals surface area contributed by atoms with Crippen molar-refractivity contribution in [1.29, 1.82) is 0 Å². The number of hydrogen-bond acceptors (Lipinski definition) is 5. The van der Waals surface area contributed by atoms with Crippen LogP contribution in [0.3, 0.4) is 0 Å². The molecule has 1 saturated heterocycles. The first kappa shape index (κ1) is 22.1. The van der Waals surface area contributed by atoms with Gasteiger partial charge >= 0.3 is 0 Å². The fourth-order valence-electron chi connectivity index (χ4n) is 3.05. The van der Waals surface area contributed by atoms with Gasteiger partial charge in [-0.3, -0.25) is 4.90 Å². The lowest BCUT2D eigenvalue weighted by Crippen LogP contribution is -2.48. The Bertz CT molecular complexity index is 279. The van der Waals surface area contributed by atoms with E-state index in [0.717, 1.165) is 22.7 Å². The van der Waals surface area contributed by atoms with Gasteiger partial charge in [0.1, 0.15) is 15.4 Å². The lowest BCUT2D eigenvalue weighted by atomic mass is 10.3. The van der Waals surface area contributed by atoms with Crippen LogP contribution in [-0.4, -0.2) is 102 Å². The average Bonchev–Trinajstić information content (AvgIpc) is 2.61. The highest BCUT2D eigenvalue weighted by Crippen LogP contribution is 2.05. The van der Waals surface area contributed by atoms with Crippen LogP contribution in [0.25, 0.3) is 0 Å². The summed E-state index contributed by atoms with van der Waals surface area (Å²) in [6, 6.07) is 1.22. The number of rotatable bonds is 14. The van der Waals surface area contributed by atoms with E-state index < -0.39 is 0 Å². The number of hydrogen-bond donors (Lipinski definition) is 0. The van der Waals surface area contributed by atoms with Crippen molar-refractivity contribution in [3.05, 3.63) is 0 Å². The van der Waals surface area contributed by atoms with Crippen LogP contribution >= 0.6 is 0 Å². The summed E-state index contributed by atoms with van der Waals surface area (Å²) in [7, 11) is 0.763. The molecule has 0 N–H and O–H groups in total. The normalized spacial score (nSPS) is 17.2. The van der Waals surface area contributed by atoms with E-state index >= 15 is 0 Å². The van der Waals surface area contributed by atoms with Gasteiger partial charge < -0.3 is 19.3 Å². The molecule has 0 spiro atoms. The summed E-state index contributed by atoms with van der Waals surface area (Å²) in [5.41, 5.74) is 0. The smallest absolute Gasteiger partial charge is 0.137 e. The van der Waals surface area contributed by atoms with Gasteiger partial charge in [0.25, 0.3) is 0 Å². The Labute approximate surface area is 152 Å². The van der Waals surface area contributed by atoms with Crippen molar-refractivity contribution in [2.75, 3.05) is 72.1 Å². The second-order valence-electron chi connectivity index (χ2n) is 6.26. The summed E-state index contributed by atoms with van der Waals surface area (Å²) in [4.78, 5) is 7.76. The molecule has 0 aromatic carbocycles. The number of nitrogens with zero attached hydrogens (tertiary/aromatic N) is 3. The molecule has 2 radical (unpaired) electrons. The van der Waals surface area contributed by atoms with E-state index in [9.17, 15) is 0 Å². The van der Waals surface area contributed by atoms with E-state index in [0.29, 0.717) is 0 Å². The Balaban J connectivity index is 2.07. The minimum atomic E-state index is 0.0249. The SMILES string of the molecule is CCOC(OCC)[Si]CCCN1CCN(CCN(CC)CC)CC1. The van der Waals surface area contributed by atoms with Crippen molar-refractivity contribution in [3.8, 4) is 0 Å². The topological polar surface area (TPSA) is 28.2 Å². The van der Waals surface area contributed by atoms with E-state index in [4.69, 9.17) is 9.47 Å². The van der Waals surface area contributed by atoms with Crippen molar-refractivity contribution >= 4 is 9.52 Å². The molecule has 0 unspecified atom stereocenters. The molecule has 24 heavy (non-hydrogen) atoms. The van der Waals surface area contributed by atoms with Gasteiger partial charge in [0.15, 0.2) is 0 Å². The second kappa shape index (κ2) is 14.2. The Morgan fingerprint density at radius 1 is 0.875 bits per heavy atom. The molecule has 1 aliphatic heterocycles. The van der Waals surface area contributed by atoms with Crippen molar-refractivity contribution in [3.63, 3.8) is 0 Å². The third kappa shape index (κ3) is 9.49. The van der Waals surface area contributed by atoms with E-state index in [1.807, 2.05) is 13.8 Å². The highest BCUT2D eigenvalue weighted by atomic mass is 28.2. The van der Waals surface area contributed by atoms with E-state index in [1.54, 1.807) is 0 Å². The summed E-state index contributed by atoms with van der Waals surface area (Å²) >= 11 is 0. The fourth-order valence-corrected chi connectivity index (χ4v) is 4.22. The van der Waals surface area contributed by atoms with Gasteiger partial charge in [-0.05, 0) is 39.9 Å². The van der Waals surface area contributed by atoms with E-state index in [1.165, 1.54) is 71.4 Å². The Hall–Kier alpha value is 0.0169. The summed E-state index contributed by atoms with van der Waals surface area (Å²) in [6.07, 6.45) is 1.26. The molecular formula is C18H39N3O2Si. The van der Waals surface area contributed by atoms with Crippen LogP contribution in [0.5, 0.6) is 0 Å². The summed E-state index contributed by atoms with van der Waals surface area (Å²) in [6.45, 7) is 21.0. The standard InChI is InChI=1S/C18H39N3O2Si/c1-5-19(6-2)11-12-21-15-13-20(14-16-21)10-9-17-24-18(22-7-3)23-8-4/h18H,5-17H2,1-4H3. The summed E-state index contributed by atoms with van der Waals surface area (Å²) < 4.78 is 11.2. The molecule has 1 fully saturated rings. The van der Waals surface area contributed by atoms with Gasteiger partial charge in [-0.25, -0.2) is 0 Å². The van der Waals surface area contributed by atoms with Crippen LogP contribution in [-0.2, 0) is 9.47 Å². The maximum absolute atomic E-state index is 5.62. The molecule has 0 bridgehead atoms. The molecule has 0 saturated carbocycles. The maximum Gasteiger partial charge on any atom is 0.137 e. The van der Waals surface area contributed by atoms with Crippen molar-refractivity contribution in [1.82, 2.24) is 14.7 Å². The predicted molar refractivity (Wildman–Crippen MR) is 103 cm³/mol. The average molecular weight is 358 g/mol. The van der Waals surface area contributed by atoms with Crippen molar-refractivity contribution in [2.24, 2.45) is 0 Å². The largest absolute Gasteiger partial charge is 0.357 e. The zero-order chi connectivity index (χ0) is 17.6. The van der Waals surface area contributed by atoms with Crippen LogP contribution in [0, 0.1) is 0 Å². The lowest BCUT2D eigenvalue weighted by molar-refractivity contribution is -0.0828. The number of ether oxygens (including phenoxy) is 2. The molecule has 1 rings (SSSR count). The zero-order valence-corrected chi connectivity index (χ0v) is 17.4. The van der Waals surface area contributed by atoms with Crippen LogP contribution in [0.4, 0.5) is 0 Å². The highest BCUT2D eigenvalue weighted by molar-refractivity contribution is 6.36. The Morgan fingerprint density at radius 3 is 1.92 bits per heavy atom. The molecule has 0 aromatic rings. The lowest BCUT2D eigenvalue weighted by Gasteiger charge is -2.35.